The van der Waals surface area contributed by atoms with Crippen molar-refractivity contribution in [2.45, 2.75) is 38.2 Å². The predicted molar refractivity (Wildman–Crippen MR) is 62.8 cm³/mol. The fraction of sp³-hybridized carbons (Fsp3) is 0.727. The Labute approximate surface area is 109 Å². The maximum Gasteiger partial charge on any atom is 0.414 e. The zero-order valence-electron chi connectivity index (χ0n) is 10.4. The standard InChI is InChI=1S/C11H15N3O5/c15-14(16)9-6-13-5-8(7-18-11(13)12-9)19-10-3-1-2-4-17-10/h6,8,10H,1-5,7H2/t8-,10?/m0/s1. The molecule has 104 valence electrons. The molecule has 0 amide bonds. The van der Waals surface area contributed by atoms with Crippen LogP contribution in [0.25, 0.3) is 0 Å². The number of nitrogens with zero attached hydrogens (tertiary/aromatic N) is 3. The Morgan fingerprint density at radius 3 is 3.16 bits per heavy atom. The molecule has 0 bridgehead atoms. The average Bonchev–Trinajstić information content (AvgIpc) is 2.83. The average molecular weight is 269 g/mol. The van der Waals surface area contributed by atoms with E-state index in [1.165, 1.54) is 6.20 Å². The highest BCUT2D eigenvalue weighted by Gasteiger charge is 2.30. The molecule has 0 radical (unpaired) electrons. The van der Waals surface area contributed by atoms with Gasteiger partial charge in [0.15, 0.2) is 6.29 Å². The Kier molecular flexibility index (Phi) is 3.34. The minimum Gasteiger partial charge on any atom is -0.443 e. The summed E-state index contributed by atoms with van der Waals surface area (Å²) in [7, 11) is 0. The maximum atomic E-state index is 10.6. The third-order valence-electron chi connectivity index (χ3n) is 3.20. The number of hydrogen-bond acceptors (Lipinski definition) is 6. The van der Waals surface area contributed by atoms with Gasteiger partial charge in [0.2, 0.25) is 0 Å². The molecule has 3 rings (SSSR count). The van der Waals surface area contributed by atoms with Crippen molar-refractivity contribution >= 4 is 5.82 Å². The van der Waals surface area contributed by atoms with Crippen LogP contribution in [0, 0.1) is 10.1 Å². The number of nitro groups is 1. The summed E-state index contributed by atoms with van der Waals surface area (Å²) in [5.41, 5.74) is 0. The van der Waals surface area contributed by atoms with E-state index in [4.69, 9.17) is 14.2 Å². The molecule has 3 heterocycles. The number of aromatic nitrogens is 2. The van der Waals surface area contributed by atoms with Gasteiger partial charge in [-0.05, 0) is 24.2 Å². The molecule has 0 aliphatic carbocycles. The fourth-order valence-electron chi connectivity index (χ4n) is 2.27. The highest BCUT2D eigenvalue weighted by Crippen LogP contribution is 2.24. The SMILES string of the molecule is O=[N+]([O-])c1cn2c(n1)OC[C@@H](OC1CCCCO1)C2. The molecule has 0 spiro atoms. The molecule has 0 aromatic carbocycles. The first-order chi connectivity index (χ1) is 9.22. The quantitative estimate of drug-likeness (QED) is 0.603. The molecule has 2 aliphatic heterocycles. The van der Waals surface area contributed by atoms with Crippen LogP contribution in [0.2, 0.25) is 0 Å². The Morgan fingerprint density at radius 2 is 2.42 bits per heavy atom. The zero-order valence-corrected chi connectivity index (χ0v) is 10.4. The topological polar surface area (TPSA) is 88.7 Å². The van der Waals surface area contributed by atoms with Gasteiger partial charge in [-0.15, -0.1) is 0 Å². The fourth-order valence-corrected chi connectivity index (χ4v) is 2.27. The first-order valence-electron chi connectivity index (χ1n) is 6.34. The zero-order chi connectivity index (χ0) is 13.2. The van der Waals surface area contributed by atoms with Gasteiger partial charge >= 0.3 is 11.8 Å². The molecule has 19 heavy (non-hydrogen) atoms. The third-order valence-corrected chi connectivity index (χ3v) is 3.20. The Hall–Kier alpha value is -1.67. The number of hydrogen-bond donors (Lipinski definition) is 0. The van der Waals surface area contributed by atoms with Crippen LogP contribution in [-0.2, 0) is 16.0 Å². The second-order valence-corrected chi connectivity index (χ2v) is 4.66. The van der Waals surface area contributed by atoms with Gasteiger partial charge in [-0.3, -0.25) is 4.57 Å². The van der Waals surface area contributed by atoms with E-state index in [1.54, 1.807) is 4.57 Å². The van der Waals surface area contributed by atoms with Gasteiger partial charge in [-0.2, -0.15) is 0 Å². The Morgan fingerprint density at radius 1 is 1.53 bits per heavy atom. The third kappa shape index (κ3) is 2.69. The van der Waals surface area contributed by atoms with Crippen LogP contribution in [-0.4, -0.2) is 40.1 Å². The summed E-state index contributed by atoms with van der Waals surface area (Å²) in [6.45, 7) is 1.56. The van der Waals surface area contributed by atoms with Crippen LogP contribution in [0.1, 0.15) is 19.3 Å². The highest BCUT2D eigenvalue weighted by molar-refractivity contribution is 5.21. The molecule has 2 atom stereocenters. The molecule has 0 saturated carbocycles. The van der Waals surface area contributed by atoms with E-state index >= 15 is 0 Å². The number of fused-ring (bicyclic) bond motifs is 1. The maximum absolute atomic E-state index is 10.6. The minimum absolute atomic E-state index is 0.163. The lowest BCUT2D eigenvalue weighted by atomic mass is 10.2. The minimum atomic E-state index is -0.533. The van der Waals surface area contributed by atoms with Crippen molar-refractivity contribution < 1.29 is 19.1 Å². The summed E-state index contributed by atoms with van der Waals surface area (Å²) in [6, 6.07) is 0.274. The molecular formula is C11H15N3O5. The number of ether oxygens (including phenoxy) is 3. The van der Waals surface area contributed by atoms with Crippen molar-refractivity contribution in [2.75, 3.05) is 13.2 Å². The van der Waals surface area contributed by atoms with Crippen LogP contribution in [0.5, 0.6) is 6.01 Å². The second kappa shape index (κ2) is 5.14. The molecule has 8 heteroatoms. The van der Waals surface area contributed by atoms with Gasteiger partial charge in [0.25, 0.3) is 0 Å². The molecule has 1 fully saturated rings. The van der Waals surface area contributed by atoms with Gasteiger partial charge in [0, 0.05) is 11.6 Å². The van der Waals surface area contributed by atoms with Crippen molar-refractivity contribution in [3.8, 4) is 6.01 Å². The van der Waals surface area contributed by atoms with E-state index in [0.29, 0.717) is 13.2 Å². The molecule has 0 N–H and O–H groups in total. The highest BCUT2D eigenvalue weighted by atomic mass is 16.7. The van der Waals surface area contributed by atoms with E-state index in [2.05, 4.69) is 4.98 Å². The Balaban J connectivity index is 1.63. The molecule has 2 aliphatic rings. The lowest BCUT2D eigenvalue weighted by molar-refractivity contribution is -0.389. The van der Waals surface area contributed by atoms with Crippen LogP contribution in [0.4, 0.5) is 5.82 Å². The summed E-state index contributed by atoms with van der Waals surface area (Å²) >= 11 is 0. The lowest BCUT2D eigenvalue weighted by Gasteiger charge is -2.29. The molecule has 1 unspecified atom stereocenters. The van der Waals surface area contributed by atoms with Crippen molar-refractivity contribution in [1.29, 1.82) is 0 Å². The lowest BCUT2D eigenvalue weighted by Crippen LogP contribution is -2.37. The van der Waals surface area contributed by atoms with E-state index in [0.717, 1.165) is 25.9 Å². The van der Waals surface area contributed by atoms with Crippen molar-refractivity contribution in [2.24, 2.45) is 0 Å². The second-order valence-electron chi connectivity index (χ2n) is 4.66. The van der Waals surface area contributed by atoms with Gasteiger partial charge in [0.05, 0.1) is 6.54 Å². The van der Waals surface area contributed by atoms with E-state index in [-0.39, 0.29) is 24.2 Å². The van der Waals surface area contributed by atoms with Gasteiger partial charge in [-0.1, -0.05) is 0 Å². The normalized spacial score (nSPS) is 26.5. The monoisotopic (exact) mass is 269 g/mol. The first-order valence-corrected chi connectivity index (χ1v) is 6.34. The van der Waals surface area contributed by atoms with Crippen LogP contribution in [0.15, 0.2) is 6.20 Å². The number of rotatable bonds is 3. The van der Waals surface area contributed by atoms with Gasteiger partial charge in [-0.25, -0.2) is 0 Å². The number of imidazole rings is 1. The summed E-state index contributed by atoms with van der Waals surface area (Å²) < 4.78 is 18.3. The van der Waals surface area contributed by atoms with E-state index in [9.17, 15) is 10.1 Å². The molecule has 1 aromatic rings. The molecule has 1 saturated heterocycles. The summed E-state index contributed by atoms with van der Waals surface area (Å²) in [5, 5.41) is 10.6. The molecule has 1 aromatic heterocycles. The molecular weight excluding hydrogens is 254 g/mol. The largest absolute Gasteiger partial charge is 0.443 e. The molecule has 8 nitrogen and oxygen atoms in total. The Bertz CT molecular complexity index is 469. The smallest absolute Gasteiger partial charge is 0.414 e. The summed E-state index contributed by atoms with van der Waals surface area (Å²) in [4.78, 5) is 13.9. The van der Waals surface area contributed by atoms with E-state index < -0.39 is 4.92 Å². The summed E-state index contributed by atoms with van der Waals surface area (Å²) in [6.07, 6.45) is 4.06. The summed E-state index contributed by atoms with van der Waals surface area (Å²) in [5.74, 6) is -0.204. The van der Waals surface area contributed by atoms with Crippen LogP contribution < -0.4 is 4.74 Å². The van der Waals surface area contributed by atoms with E-state index in [1.807, 2.05) is 0 Å². The van der Waals surface area contributed by atoms with Gasteiger partial charge < -0.3 is 24.3 Å². The first kappa shape index (κ1) is 12.4. The van der Waals surface area contributed by atoms with Crippen LogP contribution in [0.3, 0.4) is 0 Å². The van der Waals surface area contributed by atoms with Crippen LogP contribution >= 0.6 is 0 Å². The van der Waals surface area contributed by atoms with Crippen molar-refractivity contribution in [1.82, 2.24) is 9.55 Å². The predicted octanol–water partition coefficient (Wildman–Crippen LogP) is 1.10. The van der Waals surface area contributed by atoms with Crippen molar-refractivity contribution in [3.05, 3.63) is 16.3 Å². The van der Waals surface area contributed by atoms with Gasteiger partial charge in [0.1, 0.15) is 18.9 Å². The van der Waals surface area contributed by atoms with Crippen molar-refractivity contribution in [3.63, 3.8) is 0 Å².